The van der Waals surface area contributed by atoms with Crippen LogP contribution in [0.5, 0.6) is 0 Å². The van der Waals surface area contributed by atoms with E-state index in [1.807, 2.05) is 30.3 Å². The second-order valence-electron chi connectivity index (χ2n) is 7.55. The van der Waals surface area contributed by atoms with Crippen LogP contribution in [0.3, 0.4) is 0 Å². The van der Waals surface area contributed by atoms with Gasteiger partial charge in [0.25, 0.3) is 5.56 Å². The fourth-order valence-electron chi connectivity index (χ4n) is 3.85. The first kappa shape index (κ1) is 19.8. The lowest BCUT2D eigenvalue weighted by Crippen LogP contribution is -2.33. The molecule has 1 aliphatic rings. The number of pyridine rings is 1. The van der Waals surface area contributed by atoms with Crippen molar-refractivity contribution in [1.29, 1.82) is 0 Å². The van der Waals surface area contributed by atoms with Gasteiger partial charge in [0.15, 0.2) is 9.84 Å². The number of sulfone groups is 1. The maximum absolute atomic E-state index is 13.9. The van der Waals surface area contributed by atoms with Crippen molar-refractivity contribution in [2.75, 3.05) is 11.5 Å². The van der Waals surface area contributed by atoms with Crippen LogP contribution < -0.4 is 10.9 Å². The highest BCUT2D eigenvalue weighted by Crippen LogP contribution is 2.17. The topological polar surface area (TPSA) is 68.2 Å². The van der Waals surface area contributed by atoms with Crippen LogP contribution in [-0.2, 0) is 29.3 Å². The number of nitrogens with zero attached hydrogens (tertiary/aromatic N) is 1. The van der Waals surface area contributed by atoms with Crippen molar-refractivity contribution < 1.29 is 12.8 Å². The number of benzene rings is 2. The van der Waals surface area contributed by atoms with Gasteiger partial charge < -0.3 is 9.88 Å². The molecule has 4 rings (SSSR count). The number of nitrogens with one attached hydrogen (secondary N) is 1. The first-order valence-corrected chi connectivity index (χ1v) is 11.5. The third-order valence-corrected chi connectivity index (χ3v) is 7.18. The van der Waals surface area contributed by atoms with Gasteiger partial charge in [-0.3, -0.25) is 4.79 Å². The van der Waals surface area contributed by atoms with Crippen molar-refractivity contribution in [3.63, 3.8) is 0 Å². The maximum Gasteiger partial charge on any atom is 0.255 e. The van der Waals surface area contributed by atoms with Crippen molar-refractivity contribution in [3.05, 3.63) is 81.9 Å². The van der Waals surface area contributed by atoms with Crippen LogP contribution in [0.4, 0.5) is 4.39 Å². The van der Waals surface area contributed by atoms with E-state index in [9.17, 15) is 17.6 Å². The Morgan fingerprint density at radius 3 is 2.62 bits per heavy atom. The molecule has 5 nitrogen and oxygen atoms in total. The number of halogens is 1. The molecule has 1 fully saturated rings. The Hall–Kier alpha value is -2.51. The molecule has 1 aromatic heterocycles. The van der Waals surface area contributed by atoms with Gasteiger partial charge in [0.05, 0.1) is 17.0 Å². The Bertz CT molecular complexity index is 1190. The highest BCUT2D eigenvalue weighted by Gasteiger charge is 2.27. The van der Waals surface area contributed by atoms with Crippen LogP contribution in [0.25, 0.3) is 10.9 Å². The third-order valence-electron chi connectivity index (χ3n) is 5.41. The van der Waals surface area contributed by atoms with Crippen LogP contribution >= 0.6 is 0 Å². The van der Waals surface area contributed by atoms with Crippen LogP contribution in [0.1, 0.15) is 17.5 Å². The van der Waals surface area contributed by atoms with Crippen molar-refractivity contribution in [2.24, 2.45) is 0 Å². The molecule has 0 radical (unpaired) electrons. The highest BCUT2D eigenvalue weighted by atomic mass is 32.2. The van der Waals surface area contributed by atoms with Crippen molar-refractivity contribution >= 4 is 20.7 Å². The molecule has 29 heavy (non-hydrogen) atoms. The maximum atomic E-state index is 13.9. The summed E-state index contributed by atoms with van der Waals surface area (Å²) in [5, 5.41) is 3.99. The zero-order chi connectivity index (χ0) is 20.4. The van der Waals surface area contributed by atoms with Gasteiger partial charge in [-0.25, -0.2) is 12.8 Å². The number of rotatable bonds is 6. The van der Waals surface area contributed by atoms with E-state index in [-0.39, 0.29) is 35.5 Å². The minimum Gasteiger partial charge on any atom is -0.309 e. The average Bonchev–Trinajstić information content (AvgIpc) is 3.05. The Morgan fingerprint density at radius 2 is 1.90 bits per heavy atom. The molecule has 0 saturated carbocycles. The van der Waals surface area contributed by atoms with Crippen LogP contribution in [-0.4, -0.2) is 30.5 Å². The molecule has 3 aromatic rings. The number of hydrogen-bond acceptors (Lipinski definition) is 4. The fourth-order valence-corrected chi connectivity index (χ4v) is 5.56. The summed E-state index contributed by atoms with van der Waals surface area (Å²) in [6, 6.07) is 15.9. The second kappa shape index (κ2) is 8.08. The molecule has 0 bridgehead atoms. The molecular formula is C22H23FN2O3S. The van der Waals surface area contributed by atoms with Gasteiger partial charge in [0, 0.05) is 24.7 Å². The van der Waals surface area contributed by atoms with Crippen LogP contribution in [0.2, 0.25) is 0 Å². The predicted octanol–water partition coefficient (Wildman–Crippen LogP) is 2.66. The predicted molar refractivity (Wildman–Crippen MR) is 112 cm³/mol. The minimum absolute atomic E-state index is 0.105. The molecule has 1 saturated heterocycles. The Balaban J connectivity index is 1.63. The molecule has 1 aliphatic heterocycles. The van der Waals surface area contributed by atoms with E-state index < -0.39 is 9.84 Å². The number of fused-ring (bicyclic) bond motifs is 1. The first-order chi connectivity index (χ1) is 13.9. The van der Waals surface area contributed by atoms with E-state index in [0.717, 1.165) is 10.9 Å². The van der Waals surface area contributed by atoms with Crippen molar-refractivity contribution in [1.82, 2.24) is 9.88 Å². The summed E-state index contributed by atoms with van der Waals surface area (Å²) in [5.74, 6) is -0.0934. The lowest BCUT2D eigenvalue weighted by atomic mass is 10.1. The van der Waals surface area contributed by atoms with Crippen LogP contribution in [0, 0.1) is 5.82 Å². The molecule has 0 aliphatic carbocycles. The number of hydrogen-bond donors (Lipinski definition) is 1. The summed E-state index contributed by atoms with van der Waals surface area (Å²) >= 11 is 0. The van der Waals surface area contributed by atoms with E-state index in [4.69, 9.17) is 0 Å². The van der Waals surface area contributed by atoms with E-state index in [2.05, 4.69) is 5.32 Å². The van der Waals surface area contributed by atoms with E-state index in [1.165, 1.54) is 12.1 Å². The quantitative estimate of drug-likeness (QED) is 0.673. The third kappa shape index (κ3) is 4.57. The summed E-state index contributed by atoms with van der Waals surface area (Å²) in [5.41, 5.74) is 2.05. The fraction of sp³-hybridized carbons (Fsp3) is 0.318. The van der Waals surface area contributed by atoms with Gasteiger partial charge in [-0.15, -0.1) is 0 Å². The summed E-state index contributed by atoms with van der Waals surface area (Å²) in [7, 11) is -2.98. The summed E-state index contributed by atoms with van der Waals surface area (Å²) in [4.78, 5) is 13.1. The SMILES string of the molecule is O=c1c(CN[C@H]2CCS(=O)(=O)C2)cc2ccc(F)cc2n1CCc1ccccc1. The second-order valence-corrected chi connectivity index (χ2v) is 9.77. The lowest BCUT2D eigenvalue weighted by Gasteiger charge is -2.15. The van der Waals surface area contributed by atoms with Gasteiger partial charge in [-0.05, 0) is 48.1 Å². The molecule has 152 valence electrons. The highest BCUT2D eigenvalue weighted by molar-refractivity contribution is 7.91. The standard InChI is InChI=1S/C22H23FN2O3S/c23-19-7-6-17-12-18(14-24-20-9-11-29(27,28)15-20)22(26)25(21(17)13-19)10-8-16-4-2-1-3-5-16/h1-7,12-13,20,24H,8-11,14-15H2/t20-/m0/s1. The molecule has 2 heterocycles. The van der Waals surface area contributed by atoms with E-state index >= 15 is 0 Å². The first-order valence-electron chi connectivity index (χ1n) is 9.71. The van der Waals surface area contributed by atoms with Gasteiger partial charge in [-0.2, -0.15) is 0 Å². The van der Waals surface area contributed by atoms with Gasteiger partial charge >= 0.3 is 0 Å². The molecule has 0 spiro atoms. The molecule has 0 unspecified atom stereocenters. The molecule has 1 N–H and O–H groups in total. The molecule has 2 aromatic carbocycles. The zero-order valence-corrected chi connectivity index (χ0v) is 16.8. The average molecular weight is 415 g/mol. The molecule has 0 amide bonds. The van der Waals surface area contributed by atoms with E-state index in [0.29, 0.717) is 30.5 Å². The van der Waals surface area contributed by atoms with Crippen LogP contribution in [0.15, 0.2) is 59.4 Å². The normalized spacial score (nSPS) is 18.3. The Labute approximate surface area is 169 Å². The Kier molecular flexibility index (Phi) is 5.52. The van der Waals surface area contributed by atoms with Gasteiger partial charge in [0.1, 0.15) is 5.82 Å². The largest absolute Gasteiger partial charge is 0.309 e. The minimum atomic E-state index is -2.98. The monoisotopic (exact) mass is 414 g/mol. The smallest absolute Gasteiger partial charge is 0.255 e. The van der Waals surface area contributed by atoms with Crippen molar-refractivity contribution in [3.8, 4) is 0 Å². The lowest BCUT2D eigenvalue weighted by molar-refractivity contribution is 0.548. The number of aryl methyl sites for hydroxylation is 2. The summed E-state index contributed by atoms with van der Waals surface area (Å²) in [6.45, 7) is 0.728. The van der Waals surface area contributed by atoms with Gasteiger partial charge in [0.2, 0.25) is 0 Å². The molecular weight excluding hydrogens is 391 g/mol. The zero-order valence-electron chi connectivity index (χ0n) is 16.0. The van der Waals surface area contributed by atoms with Crippen molar-refractivity contribution in [2.45, 2.75) is 32.0 Å². The number of aromatic nitrogens is 1. The molecule has 1 atom stereocenters. The summed E-state index contributed by atoms with van der Waals surface area (Å²) in [6.07, 6.45) is 1.22. The van der Waals surface area contributed by atoms with Gasteiger partial charge in [-0.1, -0.05) is 30.3 Å². The Morgan fingerprint density at radius 1 is 1.10 bits per heavy atom. The summed E-state index contributed by atoms with van der Waals surface area (Å²) < 4.78 is 38.8. The van der Waals surface area contributed by atoms with E-state index in [1.54, 1.807) is 16.7 Å². The molecule has 7 heteroatoms.